The van der Waals surface area contributed by atoms with Crippen LogP contribution in [0, 0.1) is 6.92 Å². The quantitative estimate of drug-likeness (QED) is 0.539. The Morgan fingerprint density at radius 3 is 2.42 bits per heavy atom. The third kappa shape index (κ3) is 5.83. The highest BCUT2D eigenvalue weighted by Gasteiger charge is 2.13. The monoisotopic (exact) mass is 457 g/mol. The van der Waals surface area contributed by atoms with E-state index in [1.165, 1.54) is 18.2 Å². The summed E-state index contributed by atoms with van der Waals surface area (Å²) in [5.74, 6) is -0.286. The van der Waals surface area contributed by atoms with Crippen molar-refractivity contribution < 1.29 is 13.2 Å². The fraction of sp³-hybridized carbons (Fsp3) is 0.217. The lowest BCUT2D eigenvalue weighted by Gasteiger charge is -2.13. The first-order valence-corrected chi connectivity index (χ1v) is 12.0. The molecule has 1 aromatic heterocycles. The lowest BCUT2D eigenvalue weighted by molar-refractivity contribution is -0.117. The Bertz CT molecular complexity index is 1200. The van der Waals surface area contributed by atoms with Crippen LogP contribution in [0.5, 0.6) is 0 Å². The Labute approximate surface area is 187 Å². The molecule has 0 aliphatic carbocycles. The average Bonchev–Trinajstić information content (AvgIpc) is 2.99. The van der Waals surface area contributed by atoms with Gasteiger partial charge < -0.3 is 5.32 Å². The molecular weight excluding hydrogens is 434 g/mol. The zero-order chi connectivity index (χ0) is 22.6. The van der Waals surface area contributed by atoms with E-state index in [4.69, 9.17) is 11.6 Å². The van der Waals surface area contributed by atoms with Crippen molar-refractivity contribution in [2.24, 2.45) is 0 Å². The standard InChI is InChI=1S/C23H24ClN3O3S/c1-16(19-9-11-20(12-10-19)31(3,29)30)25-22(28)14-13-21-17(2)26-27(23(21)24)15-18-7-5-4-6-8-18/h4-14,16H,15H2,1-3H3,(H,25,28)/b14-13+. The number of aromatic nitrogens is 2. The number of hydrogen-bond donors (Lipinski definition) is 1. The molecule has 0 aliphatic rings. The molecule has 0 saturated carbocycles. The van der Waals surface area contributed by atoms with Crippen LogP contribution in [-0.4, -0.2) is 30.4 Å². The first kappa shape index (κ1) is 22.8. The summed E-state index contributed by atoms with van der Waals surface area (Å²) < 4.78 is 24.9. The molecule has 3 rings (SSSR count). The molecule has 0 saturated heterocycles. The van der Waals surface area contributed by atoms with Gasteiger partial charge in [-0.05, 0) is 43.2 Å². The van der Waals surface area contributed by atoms with Crippen molar-refractivity contribution >= 4 is 33.4 Å². The van der Waals surface area contributed by atoms with Crippen LogP contribution in [0.25, 0.3) is 6.08 Å². The molecule has 2 aromatic carbocycles. The zero-order valence-electron chi connectivity index (χ0n) is 17.5. The molecule has 0 bridgehead atoms. The van der Waals surface area contributed by atoms with Crippen LogP contribution in [0.1, 0.15) is 35.3 Å². The van der Waals surface area contributed by atoms with Gasteiger partial charge in [-0.15, -0.1) is 0 Å². The number of halogens is 1. The van der Waals surface area contributed by atoms with Crippen LogP contribution >= 0.6 is 11.6 Å². The SMILES string of the molecule is Cc1nn(Cc2ccccc2)c(Cl)c1/C=C/C(=O)NC(C)c1ccc(S(C)(=O)=O)cc1. The van der Waals surface area contributed by atoms with E-state index in [2.05, 4.69) is 10.4 Å². The van der Waals surface area contributed by atoms with E-state index in [1.54, 1.807) is 22.9 Å². The number of benzene rings is 2. The highest BCUT2D eigenvalue weighted by Crippen LogP contribution is 2.22. The minimum atomic E-state index is -3.25. The summed E-state index contributed by atoms with van der Waals surface area (Å²) in [7, 11) is -3.25. The first-order valence-electron chi connectivity index (χ1n) is 9.70. The van der Waals surface area contributed by atoms with E-state index in [0.29, 0.717) is 17.3 Å². The first-order chi connectivity index (χ1) is 14.6. The molecule has 0 aliphatic heterocycles. The Balaban J connectivity index is 1.67. The highest BCUT2D eigenvalue weighted by molar-refractivity contribution is 7.90. The molecule has 162 valence electrons. The van der Waals surface area contributed by atoms with Crippen molar-refractivity contribution in [2.75, 3.05) is 6.26 Å². The number of hydrogen-bond acceptors (Lipinski definition) is 4. The Kier molecular flexibility index (Phi) is 6.97. The van der Waals surface area contributed by atoms with Gasteiger partial charge in [-0.25, -0.2) is 13.1 Å². The van der Waals surface area contributed by atoms with Crippen LogP contribution in [0.3, 0.4) is 0 Å². The average molecular weight is 458 g/mol. The maximum absolute atomic E-state index is 12.4. The number of nitrogens with zero attached hydrogens (tertiary/aromatic N) is 2. The summed E-state index contributed by atoms with van der Waals surface area (Å²) in [6.07, 6.45) is 4.23. The van der Waals surface area contributed by atoms with Crippen molar-refractivity contribution in [1.29, 1.82) is 0 Å². The number of aryl methyl sites for hydroxylation is 1. The molecule has 1 amide bonds. The van der Waals surface area contributed by atoms with Crippen molar-refractivity contribution in [3.63, 3.8) is 0 Å². The van der Waals surface area contributed by atoms with Crippen LogP contribution in [0.15, 0.2) is 65.6 Å². The number of sulfone groups is 1. The second-order valence-electron chi connectivity index (χ2n) is 7.34. The summed E-state index contributed by atoms with van der Waals surface area (Å²) in [4.78, 5) is 12.6. The van der Waals surface area contributed by atoms with Gasteiger partial charge >= 0.3 is 0 Å². The van der Waals surface area contributed by atoms with E-state index >= 15 is 0 Å². The fourth-order valence-electron chi connectivity index (χ4n) is 3.13. The molecular formula is C23H24ClN3O3S. The molecule has 8 heteroatoms. The summed E-state index contributed by atoms with van der Waals surface area (Å²) in [5, 5.41) is 7.80. The Morgan fingerprint density at radius 2 is 1.81 bits per heavy atom. The van der Waals surface area contributed by atoms with Gasteiger partial charge in [0.05, 0.1) is 23.2 Å². The molecule has 1 unspecified atom stereocenters. The Hall–Kier alpha value is -2.90. The van der Waals surface area contributed by atoms with Gasteiger partial charge in [0, 0.05) is 17.9 Å². The van der Waals surface area contributed by atoms with Crippen LogP contribution < -0.4 is 5.32 Å². The normalized spacial score (nSPS) is 12.8. The van der Waals surface area contributed by atoms with E-state index in [1.807, 2.05) is 44.2 Å². The molecule has 1 N–H and O–H groups in total. The molecule has 1 heterocycles. The van der Waals surface area contributed by atoms with Gasteiger partial charge in [-0.2, -0.15) is 5.10 Å². The van der Waals surface area contributed by atoms with E-state index in [0.717, 1.165) is 23.1 Å². The van der Waals surface area contributed by atoms with Crippen LogP contribution in [0.2, 0.25) is 5.15 Å². The lowest BCUT2D eigenvalue weighted by Crippen LogP contribution is -2.24. The minimum absolute atomic E-state index is 0.243. The largest absolute Gasteiger partial charge is 0.346 e. The number of amides is 1. The summed E-state index contributed by atoms with van der Waals surface area (Å²) >= 11 is 6.48. The second kappa shape index (κ2) is 9.49. The molecule has 1 atom stereocenters. The van der Waals surface area contributed by atoms with E-state index in [9.17, 15) is 13.2 Å². The number of carbonyl (C=O) groups is 1. The zero-order valence-corrected chi connectivity index (χ0v) is 19.1. The molecule has 31 heavy (non-hydrogen) atoms. The molecule has 6 nitrogen and oxygen atoms in total. The van der Waals surface area contributed by atoms with E-state index < -0.39 is 9.84 Å². The smallest absolute Gasteiger partial charge is 0.244 e. The van der Waals surface area contributed by atoms with Crippen LogP contribution in [0.4, 0.5) is 0 Å². The lowest BCUT2D eigenvalue weighted by atomic mass is 10.1. The summed E-state index contributed by atoms with van der Waals surface area (Å²) in [6.45, 7) is 4.22. The number of nitrogens with one attached hydrogen (secondary N) is 1. The summed E-state index contributed by atoms with van der Waals surface area (Å²) in [6, 6.07) is 16.0. The van der Waals surface area contributed by atoms with E-state index in [-0.39, 0.29) is 16.8 Å². The van der Waals surface area contributed by atoms with Crippen molar-refractivity contribution in [3.05, 3.63) is 88.2 Å². The number of carbonyl (C=O) groups excluding carboxylic acids is 1. The number of rotatable bonds is 7. The molecule has 0 spiro atoms. The maximum Gasteiger partial charge on any atom is 0.244 e. The minimum Gasteiger partial charge on any atom is -0.346 e. The third-order valence-corrected chi connectivity index (χ3v) is 6.38. The second-order valence-corrected chi connectivity index (χ2v) is 9.71. The van der Waals surface area contributed by atoms with Gasteiger partial charge in [-0.1, -0.05) is 54.1 Å². The highest BCUT2D eigenvalue weighted by atomic mass is 35.5. The maximum atomic E-state index is 12.4. The predicted octanol–water partition coefficient (Wildman–Crippen LogP) is 4.19. The van der Waals surface area contributed by atoms with Crippen LogP contribution in [-0.2, 0) is 21.2 Å². The van der Waals surface area contributed by atoms with Gasteiger partial charge in [0.25, 0.3) is 0 Å². The molecule has 3 aromatic rings. The molecule has 0 fully saturated rings. The van der Waals surface area contributed by atoms with Crippen molar-refractivity contribution in [3.8, 4) is 0 Å². The predicted molar refractivity (Wildman–Crippen MR) is 123 cm³/mol. The topological polar surface area (TPSA) is 81.1 Å². The van der Waals surface area contributed by atoms with Crippen molar-refractivity contribution in [1.82, 2.24) is 15.1 Å². The summed E-state index contributed by atoms with van der Waals surface area (Å²) in [5.41, 5.74) is 3.31. The Morgan fingerprint density at radius 1 is 1.16 bits per heavy atom. The van der Waals surface area contributed by atoms with Gasteiger partial charge in [0.15, 0.2) is 9.84 Å². The van der Waals surface area contributed by atoms with Crippen molar-refractivity contribution in [2.45, 2.75) is 31.3 Å². The van der Waals surface area contributed by atoms with Gasteiger partial charge in [-0.3, -0.25) is 4.79 Å². The third-order valence-electron chi connectivity index (χ3n) is 4.85. The fourth-order valence-corrected chi connectivity index (χ4v) is 4.05. The molecule has 0 radical (unpaired) electrons. The van der Waals surface area contributed by atoms with Gasteiger partial charge in [0.2, 0.25) is 5.91 Å². The van der Waals surface area contributed by atoms with Gasteiger partial charge in [0.1, 0.15) is 5.15 Å².